The van der Waals surface area contributed by atoms with Crippen molar-refractivity contribution < 1.29 is 33.9 Å². The molecule has 3 N–H and O–H groups in total. The van der Waals surface area contributed by atoms with Gasteiger partial charge in [0.05, 0.1) is 21.2 Å². The lowest BCUT2D eigenvalue weighted by Crippen LogP contribution is -2.41. The molecule has 0 saturated carbocycles. The molecule has 0 heterocycles. The molecule has 14 heteroatoms. The van der Waals surface area contributed by atoms with Crippen LogP contribution in [0.2, 0.25) is 10.0 Å². The van der Waals surface area contributed by atoms with Crippen LogP contribution in [-0.4, -0.2) is 58.9 Å². The highest BCUT2D eigenvalue weighted by atomic mass is 35.5. The molecule has 0 aliphatic carbocycles. The molecule has 2 aromatic rings. The minimum absolute atomic E-state index is 0.0664. The Hall–Kier alpha value is -3.90. The Balaban J connectivity index is 2.15. The summed E-state index contributed by atoms with van der Waals surface area (Å²) in [6.07, 6.45) is -1.01. The maximum Gasteiger partial charge on any atom is 0.415 e. The number of nitrogens with one attached hydrogen (secondary N) is 2. The number of carboxylic acids is 1. The summed E-state index contributed by atoms with van der Waals surface area (Å²) in [4.78, 5) is 58.3. The highest BCUT2D eigenvalue weighted by molar-refractivity contribution is 6.34. The number of halogens is 2. The predicted molar refractivity (Wildman–Crippen MR) is 117 cm³/mol. The molecule has 2 rings (SSSR count). The van der Waals surface area contributed by atoms with E-state index in [-0.39, 0.29) is 32.7 Å². The number of non-ortho nitro benzene ring substituents is 1. The van der Waals surface area contributed by atoms with Gasteiger partial charge < -0.3 is 25.4 Å². The van der Waals surface area contributed by atoms with Crippen molar-refractivity contribution in [3.63, 3.8) is 0 Å². The molecule has 2 aromatic carbocycles. The first-order chi connectivity index (χ1) is 15.5. The lowest BCUT2D eigenvalue weighted by Gasteiger charge is -2.17. The number of hydrogen-bond acceptors (Lipinski definition) is 7. The zero-order valence-corrected chi connectivity index (χ0v) is 18.3. The largest absolute Gasteiger partial charge is 0.480 e. The number of likely N-dealkylation sites (N-methyl/N-ethyl adjacent to an activating group) is 1. The van der Waals surface area contributed by atoms with E-state index in [1.807, 2.05) is 0 Å². The van der Waals surface area contributed by atoms with Crippen LogP contribution in [0.4, 0.5) is 16.2 Å². The first-order valence-corrected chi connectivity index (χ1v) is 9.69. The van der Waals surface area contributed by atoms with Crippen LogP contribution >= 0.6 is 23.2 Å². The molecule has 174 valence electrons. The van der Waals surface area contributed by atoms with Crippen molar-refractivity contribution in [2.24, 2.45) is 0 Å². The second-order valence-corrected chi connectivity index (χ2v) is 7.25. The second kappa shape index (κ2) is 11.1. The third-order valence-electron chi connectivity index (χ3n) is 3.92. The van der Waals surface area contributed by atoms with E-state index in [1.54, 1.807) is 0 Å². The van der Waals surface area contributed by atoms with Crippen LogP contribution in [0.25, 0.3) is 0 Å². The summed E-state index contributed by atoms with van der Waals surface area (Å²) in [6.45, 7) is -1.12. The van der Waals surface area contributed by atoms with Gasteiger partial charge in [-0.05, 0) is 24.3 Å². The molecule has 0 radical (unpaired) electrons. The zero-order chi connectivity index (χ0) is 24.7. The van der Waals surface area contributed by atoms with Gasteiger partial charge in [0.1, 0.15) is 18.8 Å². The number of rotatable bonds is 8. The van der Waals surface area contributed by atoms with Gasteiger partial charge >= 0.3 is 12.1 Å². The quantitative estimate of drug-likeness (QED) is 0.368. The van der Waals surface area contributed by atoms with Crippen molar-refractivity contribution in [1.82, 2.24) is 10.2 Å². The number of aliphatic carboxylic acids is 1. The molecule has 0 unspecified atom stereocenters. The average molecular weight is 499 g/mol. The summed E-state index contributed by atoms with van der Waals surface area (Å²) in [5, 5.41) is 24.0. The van der Waals surface area contributed by atoms with Gasteiger partial charge in [-0.25, -0.2) is 4.79 Å². The number of ether oxygens (including phenoxy) is 1. The highest BCUT2D eigenvalue weighted by Gasteiger charge is 2.21. The number of hydrogen-bond donors (Lipinski definition) is 3. The van der Waals surface area contributed by atoms with E-state index in [2.05, 4.69) is 10.6 Å². The Morgan fingerprint density at radius 2 is 1.85 bits per heavy atom. The van der Waals surface area contributed by atoms with Crippen molar-refractivity contribution in [3.05, 3.63) is 62.1 Å². The van der Waals surface area contributed by atoms with Crippen LogP contribution in [0.3, 0.4) is 0 Å². The molecule has 0 aliphatic heterocycles. The van der Waals surface area contributed by atoms with Gasteiger partial charge in [-0.1, -0.05) is 23.2 Å². The lowest BCUT2D eigenvalue weighted by atomic mass is 10.1. The van der Waals surface area contributed by atoms with Crippen LogP contribution in [0.5, 0.6) is 5.75 Å². The molecular formula is C19H16Cl2N4O8. The third-order valence-corrected chi connectivity index (χ3v) is 4.47. The summed E-state index contributed by atoms with van der Waals surface area (Å²) in [6, 6.07) is 7.27. The summed E-state index contributed by atoms with van der Waals surface area (Å²) >= 11 is 11.9. The number of amides is 3. The van der Waals surface area contributed by atoms with Crippen LogP contribution in [0, 0.1) is 10.1 Å². The van der Waals surface area contributed by atoms with E-state index < -0.39 is 41.9 Å². The van der Waals surface area contributed by atoms with E-state index in [4.69, 9.17) is 33.0 Å². The maximum atomic E-state index is 12.7. The summed E-state index contributed by atoms with van der Waals surface area (Å²) in [5.41, 5.74) is -0.364. The Labute approximate surface area is 196 Å². The van der Waals surface area contributed by atoms with Gasteiger partial charge in [0.15, 0.2) is 0 Å². The standard InChI is InChI=1S/C19H16Cl2N4O8/c1-24(9-16(26)22-8-17(27)28)19(30)33-15-5-2-10(20)6-12(15)18(29)23-14-4-3-11(25(31)32)7-13(14)21/h2-7H,8-9H2,1H3,(H,22,26)(H,23,29)(H,27,28). The van der Waals surface area contributed by atoms with Crippen LogP contribution in [0.1, 0.15) is 10.4 Å². The monoisotopic (exact) mass is 498 g/mol. The van der Waals surface area contributed by atoms with Crippen molar-refractivity contribution >= 4 is 58.5 Å². The molecule has 0 fully saturated rings. The molecule has 0 bridgehead atoms. The van der Waals surface area contributed by atoms with E-state index in [0.29, 0.717) is 0 Å². The smallest absolute Gasteiger partial charge is 0.415 e. The average Bonchev–Trinajstić information content (AvgIpc) is 2.74. The fourth-order valence-corrected chi connectivity index (χ4v) is 2.75. The molecule has 33 heavy (non-hydrogen) atoms. The van der Waals surface area contributed by atoms with Crippen LogP contribution in [-0.2, 0) is 9.59 Å². The second-order valence-electron chi connectivity index (χ2n) is 6.41. The minimum Gasteiger partial charge on any atom is -0.480 e. The summed E-state index contributed by atoms with van der Waals surface area (Å²) in [7, 11) is 1.23. The van der Waals surface area contributed by atoms with Gasteiger partial charge in [0.25, 0.3) is 11.6 Å². The summed E-state index contributed by atoms with van der Waals surface area (Å²) < 4.78 is 5.18. The van der Waals surface area contributed by atoms with Crippen molar-refractivity contribution in [2.45, 2.75) is 0 Å². The fraction of sp³-hybridized carbons (Fsp3) is 0.158. The number of nitro groups is 1. The zero-order valence-electron chi connectivity index (χ0n) is 16.8. The molecule has 0 saturated heterocycles. The van der Waals surface area contributed by atoms with Crippen molar-refractivity contribution in [1.29, 1.82) is 0 Å². The van der Waals surface area contributed by atoms with Gasteiger partial charge in [-0.15, -0.1) is 0 Å². The molecule has 12 nitrogen and oxygen atoms in total. The third kappa shape index (κ3) is 7.33. The molecule has 0 atom stereocenters. The normalized spacial score (nSPS) is 10.2. The minimum atomic E-state index is -1.25. The predicted octanol–water partition coefficient (Wildman–Crippen LogP) is 2.79. The number of benzene rings is 2. The number of carbonyl (C=O) groups is 4. The first kappa shape index (κ1) is 25.4. The number of nitro benzene ring substituents is 1. The Morgan fingerprint density at radius 1 is 1.15 bits per heavy atom. The molecule has 0 aromatic heterocycles. The number of nitrogens with zero attached hydrogens (tertiary/aromatic N) is 2. The SMILES string of the molecule is CN(CC(=O)NCC(=O)O)C(=O)Oc1ccc(Cl)cc1C(=O)Nc1ccc([N+](=O)[O-])cc1Cl. The van der Waals surface area contributed by atoms with Crippen molar-refractivity contribution in [2.75, 3.05) is 25.5 Å². The molecular weight excluding hydrogens is 483 g/mol. The number of carboxylic acid groups (broad SMARTS) is 1. The topological polar surface area (TPSA) is 168 Å². The van der Waals surface area contributed by atoms with Crippen LogP contribution < -0.4 is 15.4 Å². The lowest BCUT2D eigenvalue weighted by molar-refractivity contribution is -0.384. The van der Waals surface area contributed by atoms with Gasteiger partial charge in [-0.3, -0.25) is 24.5 Å². The highest BCUT2D eigenvalue weighted by Crippen LogP contribution is 2.29. The number of carbonyl (C=O) groups excluding carboxylic acids is 3. The van der Waals surface area contributed by atoms with E-state index >= 15 is 0 Å². The maximum absolute atomic E-state index is 12.7. The van der Waals surface area contributed by atoms with Crippen LogP contribution in [0.15, 0.2) is 36.4 Å². The first-order valence-electron chi connectivity index (χ1n) is 8.94. The van der Waals surface area contributed by atoms with E-state index in [0.717, 1.165) is 17.0 Å². The van der Waals surface area contributed by atoms with Gasteiger partial charge in [-0.2, -0.15) is 0 Å². The molecule has 0 aliphatic rings. The number of anilines is 1. The van der Waals surface area contributed by atoms with Gasteiger partial charge in [0, 0.05) is 24.2 Å². The molecule has 0 spiro atoms. The van der Waals surface area contributed by atoms with E-state index in [9.17, 15) is 29.3 Å². The fourth-order valence-electron chi connectivity index (χ4n) is 2.36. The Morgan fingerprint density at radius 3 is 2.45 bits per heavy atom. The summed E-state index contributed by atoms with van der Waals surface area (Å²) in [5.74, 6) is -2.96. The Kier molecular flexibility index (Phi) is 8.54. The Bertz CT molecular complexity index is 1120. The van der Waals surface area contributed by atoms with E-state index in [1.165, 1.54) is 31.3 Å². The molecule has 3 amide bonds. The van der Waals surface area contributed by atoms with Crippen molar-refractivity contribution in [3.8, 4) is 5.75 Å². The van der Waals surface area contributed by atoms with Gasteiger partial charge in [0.2, 0.25) is 5.91 Å².